The number of rotatable bonds is 4. The first-order valence-electron chi connectivity index (χ1n) is 8.07. The van der Waals surface area contributed by atoms with Crippen LogP contribution in [0, 0.1) is 5.92 Å². The largest absolute Gasteiger partial charge is 0.352 e. The molecular formula is C17H23N5O. The van der Waals surface area contributed by atoms with Crippen LogP contribution in [0.2, 0.25) is 0 Å². The first-order valence-corrected chi connectivity index (χ1v) is 8.07. The van der Waals surface area contributed by atoms with E-state index in [2.05, 4.69) is 15.3 Å². The van der Waals surface area contributed by atoms with Crippen molar-refractivity contribution in [2.75, 3.05) is 0 Å². The predicted octanol–water partition coefficient (Wildman–Crippen LogP) is 1.79. The first kappa shape index (κ1) is 15.7. The van der Waals surface area contributed by atoms with E-state index in [1.807, 2.05) is 29.8 Å². The van der Waals surface area contributed by atoms with Gasteiger partial charge in [-0.25, -0.2) is 9.97 Å². The standard InChI is InChI=1S/C17H23N5O/c1-17(18)7-3-2-6-14(17)16(23)21-11-13-5-4-8-20-15(13)22-10-9-19-12-22/h4-5,8-10,12,14H,2-3,6-7,11,18H2,1H3,(H,21,23). The van der Waals surface area contributed by atoms with Crippen molar-refractivity contribution in [2.45, 2.75) is 44.7 Å². The molecule has 3 N–H and O–H groups in total. The van der Waals surface area contributed by atoms with Gasteiger partial charge < -0.3 is 11.1 Å². The molecule has 23 heavy (non-hydrogen) atoms. The summed E-state index contributed by atoms with van der Waals surface area (Å²) in [5.74, 6) is 0.698. The third-order valence-corrected chi connectivity index (χ3v) is 4.64. The van der Waals surface area contributed by atoms with Crippen LogP contribution in [0.25, 0.3) is 5.82 Å². The van der Waals surface area contributed by atoms with Crippen LogP contribution < -0.4 is 11.1 Å². The zero-order valence-corrected chi connectivity index (χ0v) is 13.4. The molecular weight excluding hydrogens is 290 g/mol. The van der Waals surface area contributed by atoms with Crippen molar-refractivity contribution >= 4 is 5.91 Å². The van der Waals surface area contributed by atoms with Gasteiger partial charge in [0.2, 0.25) is 5.91 Å². The van der Waals surface area contributed by atoms with E-state index >= 15 is 0 Å². The van der Waals surface area contributed by atoms with E-state index in [4.69, 9.17) is 5.73 Å². The molecule has 0 radical (unpaired) electrons. The zero-order chi connectivity index (χ0) is 16.3. The fraction of sp³-hybridized carbons (Fsp3) is 0.471. The van der Waals surface area contributed by atoms with Gasteiger partial charge in [-0.05, 0) is 25.8 Å². The Morgan fingerprint density at radius 1 is 1.48 bits per heavy atom. The van der Waals surface area contributed by atoms with Crippen LogP contribution in [0.5, 0.6) is 0 Å². The van der Waals surface area contributed by atoms with Crippen molar-refractivity contribution < 1.29 is 4.79 Å². The number of nitrogens with one attached hydrogen (secondary N) is 1. The average molecular weight is 313 g/mol. The maximum atomic E-state index is 12.6. The molecule has 0 spiro atoms. The molecule has 6 heteroatoms. The van der Waals surface area contributed by atoms with E-state index in [0.717, 1.165) is 37.1 Å². The number of amides is 1. The first-order chi connectivity index (χ1) is 11.1. The molecule has 2 aromatic heterocycles. The van der Waals surface area contributed by atoms with Crippen molar-refractivity contribution in [1.29, 1.82) is 0 Å². The van der Waals surface area contributed by atoms with Crippen LogP contribution in [0.15, 0.2) is 37.1 Å². The summed E-state index contributed by atoms with van der Waals surface area (Å²) >= 11 is 0. The number of carbonyl (C=O) groups is 1. The van der Waals surface area contributed by atoms with Gasteiger partial charge in [-0.2, -0.15) is 0 Å². The lowest BCUT2D eigenvalue weighted by Gasteiger charge is -2.37. The maximum absolute atomic E-state index is 12.6. The molecule has 1 saturated carbocycles. The van der Waals surface area contributed by atoms with Crippen molar-refractivity contribution in [1.82, 2.24) is 19.9 Å². The second-order valence-corrected chi connectivity index (χ2v) is 6.48. The summed E-state index contributed by atoms with van der Waals surface area (Å²) in [6, 6.07) is 3.83. The normalized spacial score (nSPS) is 24.3. The van der Waals surface area contributed by atoms with Gasteiger partial charge in [0.15, 0.2) is 0 Å². The molecule has 2 atom stereocenters. The lowest BCUT2D eigenvalue weighted by atomic mass is 9.74. The van der Waals surface area contributed by atoms with E-state index in [1.54, 1.807) is 18.7 Å². The summed E-state index contributed by atoms with van der Waals surface area (Å²) in [6.45, 7) is 2.42. The molecule has 2 aromatic rings. The lowest BCUT2D eigenvalue weighted by Crippen LogP contribution is -2.52. The minimum atomic E-state index is -0.412. The lowest BCUT2D eigenvalue weighted by molar-refractivity contribution is -0.128. The molecule has 0 bridgehead atoms. The Morgan fingerprint density at radius 3 is 3.09 bits per heavy atom. The van der Waals surface area contributed by atoms with Gasteiger partial charge >= 0.3 is 0 Å². The number of carbonyl (C=O) groups excluding carboxylic acids is 1. The van der Waals surface area contributed by atoms with E-state index < -0.39 is 5.54 Å². The van der Waals surface area contributed by atoms with Crippen LogP contribution in [-0.4, -0.2) is 26.0 Å². The van der Waals surface area contributed by atoms with E-state index in [1.165, 1.54) is 0 Å². The Labute approximate surface area is 136 Å². The van der Waals surface area contributed by atoms with Crippen molar-refractivity contribution in [2.24, 2.45) is 11.7 Å². The molecule has 1 amide bonds. The topological polar surface area (TPSA) is 85.8 Å². The van der Waals surface area contributed by atoms with Crippen LogP contribution in [0.3, 0.4) is 0 Å². The van der Waals surface area contributed by atoms with Crippen LogP contribution in [0.4, 0.5) is 0 Å². The molecule has 0 saturated heterocycles. The summed E-state index contributed by atoms with van der Waals surface area (Å²) in [7, 11) is 0. The molecule has 1 aliphatic rings. The van der Waals surface area contributed by atoms with Crippen molar-refractivity contribution in [3.05, 3.63) is 42.6 Å². The third-order valence-electron chi connectivity index (χ3n) is 4.64. The zero-order valence-electron chi connectivity index (χ0n) is 13.4. The van der Waals surface area contributed by atoms with Gasteiger partial charge in [-0.15, -0.1) is 0 Å². The molecule has 1 fully saturated rings. The van der Waals surface area contributed by atoms with E-state index in [-0.39, 0.29) is 11.8 Å². The molecule has 0 aromatic carbocycles. The molecule has 3 rings (SSSR count). The Balaban J connectivity index is 1.70. The number of hydrogen-bond acceptors (Lipinski definition) is 4. The average Bonchev–Trinajstić information content (AvgIpc) is 3.07. The van der Waals surface area contributed by atoms with Gasteiger partial charge in [0.1, 0.15) is 12.1 Å². The predicted molar refractivity (Wildman–Crippen MR) is 87.8 cm³/mol. The van der Waals surface area contributed by atoms with Crippen molar-refractivity contribution in [3.8, 4) is 5.82 Å². The maximum Gasteiger partial charge on any atom is 0.225 e. The highest BCUT2D eigenvalue weighted by Gasteiger charge is 2.37. The molecule has 122 valence electrons. The number of nitrogens with zero attached hydrogens (tertiary/aromatic N) is 3. The second-order valence-electron chi connectivity index (χ2n) is 6.48. The highest BCUT2D eigenvalue weighted by atomic mass is 16.1. The fourth-order valence-corrected chi connectivity index (χ4v) is 3.28. The highest BCUT2D eigenvalue weighted by molar-refractivity contribution is 5.80. The van der Waals surface area contributed by atoms with Gasteiger partial charge in [0.25, 0.3) is 0 Å². The minimum absolute atomic E-state index is 0.0372. The summed E-state index contributed by atoms with van der Waals surface area (Å²) in [6.07, 6.45) is 10.9. The van der Waals surface area contributed by atoms with Gasteiger partial charge in [0.05, 0.1) is 5.92 Å². The number of aromatic nitrogens is 3. The minimum Gasteiger partial charge on any atom is -0.352 e. The molecule has 6 nitrogen and oxygen atoms in total. The molecule has 1 aliphatic carbocycles. The van der Waals surface area contributed by atoms with E-state index in [9.17, 15) is 4.79 Å². The Kier molecular flexibility index (Phi) is 4.43. The molecule has 2 heterocycles. The van der Waals surface area contributed by atoms with Crippen LogP contribution in [0.1, 0.15) is 38.2 Å². The number of hydrogen-bond donors (Lipinski definition) is 2. The number of nitrogens with two attached hydrogens (primary N) is 1. The molecule has 0 aliphatic heterocycles. The van der Waals surface area contributed by atoms with Crippen molar-refractivity contribution in [3.63, 3.8) is 0 Å². The fourth-order valence-electron chi connectivity index (χ4n) is 3.28. The Morgan fingerprint density at radius 2 is 2.35 bits per heavy atom. The highest BCUT2D eigenvalue weighted by Crippen LogP contribution is 2.31. The van der Waals surface area contributed by atoms with E-state index in [0.29, 0.717) is 6.54 Å². The number of imidazole rings is 1. The smallest absolute Gasteiger partial charge is 0.225 e. The van der Waals surface area contributed by atoms with Gasteiger partial charge in [0, 0.05) is 36.2 Å². The third kappa shape index (κ3) is 3.42. The Bertz CT molecular complexity index is 665. The van der Waals surface area contributed by atoms with Crippen LogP contribution >= 0.6 is 0 Å². The molecule has 2 unspecified atom stereocenters. The second kappa shape index (κ2) is 6.50. The van der Waals surface area contributed by atoms with Gasteiger partial charge in [-0.3, -0.25) is 9.36 Å². The quantitative estimate of drug-likeness (QED) is 0.901. The summed E-state index contributed by atoms with van der Waals surface area (Å²) in [4.78, 5) is 21.0. The Hall–Kier alpha value is -2.21. The van der Waals surface area contributed by atoms with Gasteiger partial charge in [-0.1, -0.05) is 18.9 Å². The monoisotopic (exact) mass is 313 g/mol. The summed E-state index contributed by atoms with van der Waals surface area (Å²) in [5.41, 5.74) is 6.85. The van der Waals surface area contributed by atoms with Crippen LogP contribution in [-0.2, 0) is 11.3 Å². The SMILES string of the molecule is CC1(N)CCCCC1C(=O)NCc1cccnc1-n1ccnc1. The number of pyridine rings is 1. The summed E-state index contributed by atoms with van der Waals surface area (Å²) in [5, 5.41) is 3.03. The summed E-state index contributed by atoms with van der Waals surface area (Å²) < 4.78 is 1.84.